The first kappa shape index (κ1) is 16.0. The topological polar surface area (TPSA) is 72.2 Å². The molecule has 0 unspecified atom stereocenters. The lowest BCUT2D eigenvalue weighted by molar-refractivity contribution is 0.359. The molecule has 2 bridgehead atoms. The fourth-order valence-electron chi connectivity index (χ4n) is 4.36. The first-order valence-corrected chi connectivity index (χ1v) is 9.91. The second kappa shape index (κ2) is 5.96. The van der Waals surface area contributed by atoms with Gasteiger partial charge in [0.05, 0.1) is 11.4 Å². The van der Waals surface area contributed by atoms with Gasteiger partial charge in [-0.05, 0) is 64.2 Å². The smallest absolute Gasteiger partial charge is 0.212 e. The molecule has 22 heavy (non-hydrogen) atoms. The van der Waals surface area contributed by atoms with E-state index in [9.17, 15) is 8.42 Å². The predicted octanol–water partition coefficient (Wildman–Crippen LogP) is 2.58. The summed E-state index contributed by atoms with van der Waals surface area (Å²) in [7, 11) is -3.22. The number of fused-ring (bicyclic) bond motifs is 2. The molecule has 4 atom stereocenters. The number of nitrogens with one attached hydrogen (secondary N) is 1. The quantitative estimate of drug-likeness (QED) is 0.872. The van der Waals surface area contributed by atoms with Crippen molar-refractivity contribution in [3.63, 3.8) is 0 Å². The van der Waals surface area contributed by atoms with Gasteiger partial charge in [0.2, 0.25) is 10.0 Å². The SMILES string of the molecule is Cc1noc(C)c1C[C@@H](C)NS(=O)(=O)C[C@H]1C[C@H]2CC[C@H]1C2. The molecule has 0 aromatic carbocycles. The molecular formula is C16H26N2O3S. The van der Waals surface area contributed by atoms with Gasteiger partial charge in [0.25, 0.3) is 0 Å². The molecule has 2 fully saturated rings. The molecule has 2 aliphatic rings. The summed E-state index contributed by atoms with van der Waals surface area (Å²) in [6.07, 6.45) is 5.49. The summed E-state index contributed by atoms with van der Waals surface area (Å²) >= 11 is 0. The van der Waals surface area contributed by atoms with Gasteiger partial charge in [-0.1, -0.05) is 11.6 Å². The van der Waals surface area contributed by atoms with E-state index in [1.54, 1.807) is 0 Å². The monoisotopic (exact) mass is 326 g/mol. The molecule has 6 heteroatoms. The molecule has 3 rings (SSSR count). The highest BCUT2D eigenvalue weighted by Gasteiger charge is 2.41. The van der Waals surface area contributed by atoms with Crippen LogP contribution in [0, 0.1) is 31.6 Å². The van der Waals surface area contributed by atoms with Gasteiger partial charge in [0, 0.05) is 11.6 Å². The number of sulfonamides is 1. The maximum absolute atomic E-state index is 12.4. The van der Waals surface area contributed by atoms with Crippen LogP contribution in [0.2, 0.25) is 0 Å². The standard InChI is InChI=1S/C16H26N2O3S/c1-10(6-16-11(2)17-21-12(16)3)18-22(19,20)9-15-8-13-4-5-14(15)7-13/h10,13-15,18H,4-9H2,1-3H3/t10-,13+,14+,15-/m1/s1. The van der Waals surface area contributed by atoms with Gasteiger partial charge < -0.3 is 4.52 Å². The van der Waals surface area contributed by atoms with Crippen molar-refractivity contribution < 1.29 is 12.9 Å². The Hall–Kier alpha value is -0.880. The molecule has 0 radical (unpaired) electrons. The van der Waals surface area contributed by atoms with Crippen LogP contribution in [-0.4, -0.2) is 25.4 Å². The van der Waals surface area contributed by atoms with E-state index in [4.69, 9.17) is 4.52 Å². The second-order valence-electron chi connectivity index (χ2n) is 7.24. The van der Waals surface area contributed by atoms with Crippen molar-refractivity contribution in [3.8, 4) is 0 Å². The van der Waals surface area contributed by atoms with E-state index in [0.717, 1.165) is 29.4 Å². The zero-order valence-electron chi connectivity index (χ0n) is 13.6. The molecule has 1 N–H and O–H groups in total. The summed E-state index contributed by atoms with van der Waals surface area (Å²) in [6, 6.07) is -0.139. The van der Waals surface area contributed by atoms with Gasteiger partial charge in [0.15, 0.2) is 0 Å². The Balaban J connectivity index is 1.57. The minimum Gasteiger partial charge on any atom is -0.361 e. The third kappa shape index (κ3) is 3.38. The van der Waals surface area contributed by atoms with Crippen LogP contribution in [0.3, 0.4) is 0 Å². The van der Waals surface area contributed by atoms with Crippen molar-refractivity contribution in [1.29, 1.82) is 0 Å². The van der Waals surface area contributed by atoms with Gasteiger partial charge in [-0.3, -0.25) is 0 Å². The Morgan fingerprint density at radius 3 is 2.64 bits per heavy atom. The summed E-state index contributed by atoms with van der Waals surface area (Å²) in [5.41, 5.74) is 1.85. The summed E-state index contributed by atoms with van der Waals surface area (Å²) in [4.78, 5) is 0. The lowest BCUT2D eigenvalue weighted by Gasteiger charge is -2.22. The summed E-state index contributed by atoms with van der Waals surface area (Å²) in [5, 5.41) is 3.92. The molecule has 0 amide bonds. The summed E-state index contributed by atoms with van der Waals surface area (Å²) < 4.78 is 32.8. The molecule has 1 aromatic rings. The Bertz CT molecular complexity index is 618. The molecule has 1 aromatic heterocycles. The number of nitrogens with zero attached hydrogens (tertiary/aromatic N) is 1. The molecule has 124 valence electrons. The number of hydrogen-bond donors (Lipinski definition) is 1. The van der Waals surface area contributed by atoms with Crippen LogP contribution in [0.4, 0.5) is 0 Å². The van der Waals surface area contributed by atoms with E-state index >= 15 is 0 Å². The van der Waals surface area contributed by atoms with E-state index in [1.807, 2.05) is 20.8 Å². The third-order valence-corrected chi connectivity index (χ3v) is 7.02. The number of aromatic nitrogens is 1. The predicted molar refractivity (Wildman–Crippen MR) is 85.0 cm³/mol. The molecule has 0 saturated heterocycles. The van der Waals surface area contributed by atoms with Crippen molar-refractivity contribution >= 4 is 10.0 Å². The zero-order valence-corrected chi connectivity index (χ0v) is 14.4. The van der Waals surface area contributed by atoms with Gasteiger partial charge in [0.1, 0.15) is 5.76 Å². The fourth-order valence-corrected chi connectivity index (χ4v) is 6.12. The highest BCUT2D eigenvalue weighted by molar-refractivity contribution is 7.89. The average Bonchev–Trinajstić information content (AvgIpc) is 3.09. The van der Waals surface area contributed by atoms with Crippen molar-refractivity contribution in [2.75, 3.05) is 5.75 Å². The Morgan fingerprint density at radius 2 is 2.09 bits per heavy atom. The lowest BCUT2D eigenvalue weighted by Crippen LogP contribution is -2.38. The zero-order chi connectivity index (χ0) is 15.9. The second-order valence-corrected chi connectivity index (χ2v) is 9.04. The molecule has 2 saturated carbocycles. The van der Waals surface area contributed by atoms with Crippen LogP contribution in [0.25, 0.3) is 0 Å². The average molecular weight is 326 g/mol. The van der Waals surface area contributed by atoms with Crippen molar-refractivity contribution in [3.05, 3.63) is 17.0 Å². The van der Waals surface area contributed by atoms with Crippen LogP contribution < -0.4 is 4.72 Å². The lowest BCUT2D eigenvalue weighted by atomic mass is 9.90. The molecule has 2 aliphatic carbocycles. The minimum atomic E-state index is -3.22. The number of hydrogen-bond acceptors (Lipinski definition) is 4. The Morgan fingerprint density at radius 1 is 1.32 bits per heavy atom. The molecule has 5 nitrogen and oxygen atoms in total. The summed E-state index contributed by atoms with van der Waals surface area (Å²) in [6.45, 7) is 5.67. The van der Waals surface area contributed by atoms with Crippen molar-refractivity contribution in [1.82, 2.24) is 9.88 Å². The molecular weight excluding hydrogens is 300 g/mol. The highest BCUT2D eigenvalue weighted by atomic mass is 32.2. The first-order valence-electron chi connectivity index (χ1n) is 8.26. The first-order chi connectivity index (χ1) is 10.3. The van der Waals surface area contributed by atoms with E-state index in [-0.39, 0.29) is 6.04 Å². The van der Waals surface area contributed by atoms with Gasteiger partial charge in [-0.25, -0.2) is 13.1 Å². The van der Waals surface area contributed by atoms with Crippen molar-refractivity contribution in [2.45, 2.75) is 58.9 Å². The molecule has 1 heterocycles. The van der Waals surface area contributed by atoms with Crippen LogP contribution in [0.5, 0.6) is 0 Å². The van der Waals surface area contributed by atoms with Gasteiger partial charge >= 0.3 is 0 Å². The van der Waals surface area contributed by atoms with E-state index in [2.05, 4.69) is 9.88 Å². The van der Waals surface area contributed by atoms with E-state index in [0.29, 0.717) is 24.0 Å². The van der Waals surface area contributed by atoms with Crippen molar-refractivity contribution in [2.24, 2.45) is 17.8 Å². The van der Waals surface area contributed by atoms with E-state index < -0.39 is 10.0 Å². The largest absolute Gasteiger partial charge is 0.361 e. The molecule has 0 aliphatic heterocycles. The highest BCUT2D eigenvalue weighted by Crippen LogP contribution is 2.48. The minimum absolute atomic E-state index is 0.139. The molecule has 0 spiro atoms. The Kier molecular flexibility index (Phi) is 4.34. The van der Waals surface area contributed by atoms with Gasteiger partial charge in [-0.15, -0.1) is 0 Å². The number of rotatable bonds is 6. The van der Waals surface area contributed by atoms with Gasteiger partial charge in [-0.2, -0.15) is 0 Å². The third-order valence-electron chi connectivity index (χ3n) is 5.39. The fraction of sp³-hybridized carbons (Fsp3) is 0.812. The maximum Gasteiger partial charge on any atom is 0.212 e. The van der Waals surface area contributed by atoms with Crippen LogP contribution >= 0.6 is 0 Å². The van der Waals surface area contributed by atoms with Crippen LogP contribution in [0.15, 0.2) is 4.52 Å². The summed E-state index contributed by atoms with van der Waals surface area (Å²) in [5.74, 6) is 2.85. The van der Waals surface area contributed by atoms with E-state index in [1.165, 1.54) is 19.3 Å². The maximum atomic E-state index is 12.4. The Labute approximate surface area is 132 Å². The normalized spacial score (nSPS) is 29.1. The van der Waals surface area contributed by atoms with Crippen LogP contribution in [-0.2, 0) is 16.4 Å². The number of aryl methyl sites for hydroxylation is 2. The van der Waals surface area contributed by atoms with Crippen LogP contribution in [0.1, 0.15) is 49.6 Å².